The summed E-state index contributed by atoms with van der Waals surface area (Å²) in [7, 11) is 0. The van der Waals surface area contributed by atoms with Gasteiger partial charge < -0.3 is 9.47 Å². The smallest absolute Gasteiger partial charge is 0.0837 e. The van der Waals surface area contributed by atoms with E-state index in [0.717, 1.165) is 13.2 Å². The van der Waals surface area contributed by atoms with Gasteiger partial charge >= 0.3 is 0 Å². The minimum Gasteiger partial charge on any atom is -0.376 e. The zero-order chi connectivity index (χ0) is 7.40. The fourth-order valence-electron chi connectivity index (χ4n) is 1.25. The Morgan fingerprint density at radius 1 is 1.00 bits per heavy atom. The molecule has 2 nitrogen and oxygen atoms in total. The first-order valence-corrected chi connectivity index (χ1v) is 4.11. The third-order valence-corrected chi connectivity index (χ3v) is 1.91. The lowest BCUT2D eigenvalue weighted by molar-refractivity contribution is -0.122. The lowest BCUT2D eigenvalue weighted by Gasteiger charge is -2.35. The Hall–Kier alpha value is -0.0800. The van der Waals surface area contributed by atoms with Gasteiger partial charge in [-0.1, -0.05) is 0 Å². The number of hydrogen-bond donors (Lipinski definition) is 0. The quantitative estimate of drug-likeness (QED) is 0.596. The van der Waals surface area contributed by atoms with E-state index in [2.05, 4.69) is 0 Å². The van der Waals surface area contributed by atoms with Gasteiger partial charge in [-0.15, -0.1) is 0 Å². The van der Waals surface area contributed by atoms with E-state index in [-0.39, 0.29) is 0 Å². The topological polar surface area (TPSA) is 18.5 Å². The Labute approximate surface area is 62.5 Å². The molecule has 0 unspecified atom stereocenters. The lowest BCUT2D eigenvalue weighted by atomic mass is 9.92. The zero-order valence-electron chi connectivity index (χ0n) is 6.80. The first kappa shape index (κ1) is 8.02. The highest BCUT2D eigenvalue weighted by atomic mass is 16.5. The summed E-state index contributed by atoms with van der Waals surface area (Å²) < 4.78 is 10.8. The van der Waals surface area contributed by atoms with Gasteiger partial charge in [0, 0.05) is 13.2 Å². The Morgan fingerprint density at radius 3 is 1.60 bits per heavy atom. The van der Waals surface area contributed by atoms with Crippen LogP contribution in [-0.4, -0.2) is 25.4 Å². The van der Waals surface area contributed by atoms with Crippen molar-refractivity contribution in [2.45, 2.75) is 38.9 Å². The van der Waals surface area contributed by atoms with Gasteiger partial charge in [-0.05, 0) is 26.7 Å². The predicted molar refractivity (Wildman–Crippen MR) is 40.1 cm³/mol. The summed E-state index contributed by atoms with van der Waals surface area (Å²) in [5.74, 6) is 0. The van der Waals surface area contributed by atoms with Crippen LogP contribution in [0.2, 0.25) is 0 Å². The maximum atomic E-state index is 5.42. The predicted octanol–water partition coefficient (Wildman–Crippen LogP) is 1.59. The molecule has 0 aliphatic heterocycles. The summed E-state index contributed by atoms with van der Waals surface area (Å²) in [6.45, 7) is 5.69. The summed E-state index contributed by atoms with van der Waals surface area (Å²) >= 11 is 0. The molecule has 0 aromatic carbocycles. The third kappa shape index (κ3) is 1.70. The molecule has 0 bridgehead atoms. The largest absolute Gasteiger partial charge is 0.376 e. The maximum Gasteiger partial charge on any atom is 0.0837 e. The second-order valence-corrected chi connectivity index (χ2v) is 2.56. The van der Waals surface area contributed by atoms with Crippen LogP contribution in [0.1, 0.15) is 26.7 Å². The molecule has 1 aliphatic carbocycles. The van der Waals surface area contributed by atoms with Crippen molar-refractivity contribution in [3.63, 3.8) is 0 Å². The van der Waals surface area contributed by atoms with Crippen LogP contribution in [0.3, 0.4) is 0 Å². The van der Waals surface area contributed by atoms with Crippen LogP contribution in [-0.2, 0) is 9.47 Å². The minimum absolute atomic E-state index is 0.393. The molecule has 0 aromatic rings. The van der Waals surface area contributed by atoms with Crippen molar-refractivity contribution < 1.29 is 9.47 Å². The molecular formula is C8H16O2. The van der Waals surface area contributed by atoms with E-state index in [1.165, 1.54) is 12.8 Å². The average Bonchev–Trinajstić information content (AvgIpc) is 1.93. The van der Waals surface area contributed by atoms with Crippen molar-refractivity contribution in [1.29, 1.82) is 0 Å². The lowest BCUT2D eigenvalue weighted by Crippen LogP contribution is -2.41. The van der Waals surface area contributed by atoms with Gasteiger partial charge in [0.1, 0.15) is 0 Å². The molecule has 0 spiro atoms. The van der Waals surface area contributed by atoms with E-state index in [4.69, 9.17) is 9.47 Å². The normalized spacial score (nSPS) is 31.8. The first-order valence-electron chi connectivity index (χ1n) is 4.11. The molecule has 10 heavy (non-hydrogen) atoms. The Balaban J connectivity index is 2.09. The molecule has 1 aliphatic rings. The Morgan fingerprint density at radius 2 is 1.40 bits per heavy atom. The second-order valence-electron chi connectivity index (χ2n) is 2.56. The van der Waals surface area contributed by atoms with E-state index in [0.29, 0.717) is 12.2 Å². The Kier molecular flexibility index (Phi) is 3.16. The summed E-state index contributed by atoms with van der Waals surface area (Å²) in [4.78, 5) is 0. The Bertz CT molecular complexity index is 81.3. The molecule has 0 heterocycles. The van der Waals surface area contributed by atoms with Gasteiger partial charge in [0.2, 0.25) is 0 Å². The van der Waals surface area contributed by atoms with Crippen LogP contribution < -0.4 is 0 Å². The molecule has 0 radical (unpaired) electrons. The summed E-state index contributed by atoms with van der Waals surface area (Å²) in [5.41, 5.74) is 0. The summed E-state index contributed by atoms with van der Waals surface area (Å²) in [5, 5.41) is 0. The molecule has 60 valence electrons. The van der Waals surface area contributed by atoms with Crippen LogP contribution in [0.5, 0.6) is 0 Å². The van der Waals surface area contributed by atoms with E-state index in [1.54, 1.807) is 0 Å². The van der Waals surface area contributed by atoms with E-state index in [1.807, 2.05) is 13.8 Å². The molecule has 0 amide bonds. The number of hydrogen-bond acceptors (Lipinski definition) is 2. The molecule has 2 atom stereocenters. The van der Waals surface area contributed by atoms with Gasteiger partial charge in [-0.2, -0.15) is 0 Å². The average molecular weight is 144 g/mol. The second kappa shape index (κ2) is 3.94. The van der Waals surface area contributed by atoms with Crippen molar-refractivity contribution in [1.82, 2.24) is 0 Å². The summed E-state index contributed by atoms with van der Waals surface area (Å²) in [6, 6.07) is 0. The van der Waals surface area contributed by atoms with Crippen LogP contribution in [0.4, 0.5) is 0 Å². The SMILES string of the molecule is CCO[C@@H]1CC[C@H]1OCC. The van der Waals surface area contributed by atoms with E-state index in [9.17, 15) is 0 Å². The van der Waals surface area contributed by atoms with Gasteiger partial charge in [-0.3, -0.25) is 0 Å². The summed E-state index contributed by atoms with van der Waals surface area (Å²) in [6.07, 6.45) is 3.15. The van der Waals surface area contributed by atoms with E-state index < -0.39 is 0 Å². The van der Waals surface area contributed by atoms with Crippen molar-refractivity contribution in [3.8, 4) is 0 Å². The molecule has 2 heteroatoms. The van der Waals surface area contributed by atoms with Crippen molar-refractivity contribution >= 4 is 0 Å². The van der Waals surface area contributed by atoms with Crippen LogP contribution >= 0.6 is 0 Å². The van der Waals surface area contributed by atoms with E-state index >= 15 is 0 Å². The molecule has 0 aromatic heterocycles. The van der Waals surface area contributed by atoms with Gasteiger partial charge in [0.15, 0.2) is 0 Å². The number of rotatable bonds is 4. The molecule has 1 saturated carbocycles. The maximum absolute atomic E-state index is 5.42. The monoisotopic (exact) mass is 144 g/mol. The molecular weight excluding hydrogens is 128 g/mol. The molecule has 1 fully saturated rings. The molecule has 0 saturated heterocycles. The van der Waals surface area contributed by atoms with Crippen molar-refractivity contribution in [3.05, 3.63) is 0 Å². The van der Waals surface area contributed by atoms with Crippen LogP contribution in [0, 0.1) is 0 Å². The first-order chi connectivity index (χ1) is 4.88. The zero-order valence-corrected chi connectivity index (χ0v) is 6.80. The molecule has 0 N–H and O–H groups in total. The fourth-order valence-corrected chi connectivity index (χ4v) is 1.25. The van der Waals surface area contributed by atoms with Crippen LogP contribution in [0.15, 0.2) is 0 Å². The van der Waals surface area contributed by atoms with Crippen molar-refractivity contribution in [2.24, 2.45) is 0 Å². The standard InChI is InChI=1S/C8H16O2/c1-3-9-7-5-6-8(7)10-4-2/h7-8H,3-6H2,1-2H3/t7-,8-/m1/s1. The van der Waals surface area contributed by atoms with Crippen LogP contribution in [0.25, 0.3) is 0 Å². The van der Waals surface area contributed by atoms with Gasteiger partial charge in [0.05, 0.1) is 12.2 Å². The van der Waals surface area contributed by atoms with Gasteiger partial charge in [0.25, 0.3) is 0 Å². The minimum atomic E-state index is 0.393. The van der Waals surface area contributed by atoms with Gasteiger partial charge in [-0.25, -0.2) is 0 Å². The molecule has 1 rings (SSSR count). The van der Waals surface area contributed by atoms with Crippen molar-refractivity contribution in [2.75, 3.05) is 13.2 Å². The third-order valence-electron chi connectivity index (χ3n) is 1.91. The number of ether oxygens (including phenoxy) is 2. The highest BCUT2D eigenvalue weighted by Crippen LogP contribution is 2.25. The highest BCUT2D eigenvalue weighted by Gasteiger charge is 2.31. The highest BCUT2D eigenvalue weighted by molar-refractivity contribution is 4.82. The fraction of sp³-hybridized carbons (Fsp3) is 1.00.